The Bertz CT molecular complexity index is 529. The average Bonchev–Trinajstić information content (AvgIpc) is 2.84. The fraction of sp³-hybridized carbons (Fsp3) is 0.636. The molecule has 1 aliphatic rings. The van der Waals surface area contributed by atoms with Crippen LogP contribution in [0.2, 0.25) is 0 Å². The second-order valence-electron chi connectivity index (χ2n) is 4.54. The van der Waals surface area contributed by atoms with E-state index in [0.717, 1.165) is 27.9 Å². The first-order valence-corrected chi connectivity index (χ1v) is 9.41. The summed E-state index contributed by atoms with van der Waals surface area (Å²) in [4.78, 5) is 1.18. The maximum Gasteiger partial charge on any atom is 0.241 e. The molecule has 7 heteroatoms. The van der Waals surface area contributed by atoms with Crippen molar-refractivity contribution in [1.29, 1.82) is 0 Å². The number of sulfonamides is 1. The van der Waals surface area contributed by atoms with Gasteiger partial charge in [-0.05, 0) is 47.7 Å². The molecule has 1 aromatic heterocycles. The van der Waals surface area contributed by atoms with Gasteiger partial charge in [-0.1, -0.05) is 6.42 Å². The molecule has 1 aromatic rings. The highest BCUT2D eigenvalue weighted by Crippen LogP contribution is 2.32. The van der Waals surface area contributed by atoms with Crippen LogP contribution in [0.25, 0.3) is 0 Å². The molecule has 102 valence electrons. The van der Waals surface area contributed by atoms with E-state index in [0.29, 0.717) is 10.8 Å². The van der Waals surface area contributed by atoms with E-state index in [-0.39, 0.29) is 12.0 Å². The molecule has 0 saturated heterocycles. The zero-order valence-electron chi connectivity index (χ0n) is 9.95. The zero-order chi connectivity index (χ0) is 13.3. The Balaban J connectivity index is 2.19. The van der Waals surface area contributed by atoms with E-state index >= 15 is 0 Å². The molecule has 18 heavy (non-hydrogen) atoms. The van der Waals surface area contributed by atoms with E-state index in [1.807, 2.05) is 6.92 Å². The molecule has 0 amide bonds. The van der Waals surface area contributed by atoms with Gasteiger partial charge >= 0.3 is 0 Å². The van der Waals surface area contributed by atoms with Gasteiger partial charge in [-0.2, -0.15) is 0 Å². The number of hydrogen-bond donors (Lipinski definition) is 1. The predicted octanol–water partition coefficient (Wildman–Crippen LogP) is 3.50. The number of thiophene rings is 1. The topological polar surface area (TPSA) is 46.2 Å². The summed E-state index contributed by atoms with van der Waals surface area (Å²) in [5.41, 5.74) is 0. The molecule has 1 aliphatic carbocycles. The predicted molar refractivity (Wildman–Crippen MR) is 78.9 cm³/mol. The maximum atomic E-state index is 12.3. The van der Waals surface area contributed by atoms with Crippen LogP contribution in [0, 0.1) is 12.8 Å². The van der Waals surface area contributed by atoms with Crippen molar-refractivity contribution in [2.75, 3.05) is 5.88 Å². The molecule has 1 heterocycles. The molecule has 1 N–H and O–H groups in total. The molecule has 1 fully saturated rings. The fourth-order valence-corrected chi connectivity index (χ4v) is 6.46. The lowest BCUT2D eigenvalue weighted by Gasteiger charge is -2.18. The second-order valence-corrected chi connectivity index (χ2v) is 9.17. The monoisotopic (exact) mass is 371 g/mol. The van der Waals surface area contributed by atoms with Crippen molar-refractivity contribution in [3.05, 3.63) is 14.7 Å². The Morgan fingerprint density at radius 1 is 1.56 bits per heavy atom. The van der Waals surface area contributed by atoms with Gasteiger partial charge in [-0.3, -0.25) is 0 Å². The van der Waals surface area contributed by atoms with E-state index in [4.69, 9.17) is 11.6 Å². The van der Waals surface area contributed by atoms with Crippen LogP contribution in [0.5, 0.6) is 0 Å². The molecule has 0 radical (unpaired) electrons. The van der Waals surface area contributed by atoms with Gasteiger partial charge in [0.05, 0.1) is 8.68 Å². The number of aryl methyl sites for hydroxylation is 1. The quantitative estimate of drug-likeness (QED) is 0.822. The van der Waals surface area contributed by atoms with Crippen molar-refractivity contribution in [2.45, 2.75) is 37.1 Å². The minimum atomic E-state index is -3.42. The van der Waals surface area contributed by atoms with E-state index < -0.39 is 10.0 Å². The van der Waals surface area contributed by atoms with Crippen molar-refractivity contribution in [3.63, 3.8) is 0 Å². The fourth-order valence-electron chi connectivity index (χ4n) is 2.34. The van der Waals surface area contributed by atoms with Gasteiger partial charge < -0.3 is 0 Å². The van der Waals surface area contributed by atoms with Crippen LogP contribution in [-0.4, -0.2) is 20.3 Å². The number of rotatable bonds is 4. The Morgan fingerprint density at radius 3 is 2.83 bits per heavy atom. The summed E-state index contributed by atoms with van der Waals surface area (Å²) in [6, 6.07) is 1.64. The van der Waals surface area contributed by atoms with Crippen molar-refractivity contribution in [2.24, 2.45) is 5.92 Å². The Morgan fingerprint density at radius 2 is 2.28 bits per heavy atom. The highest BCUT2D eigenvalue weighted by molar-refractivity contribution is 9.11. The molecular weight excluding hydrogens is 358 g/mol. The molecule has 0 aliphatic heterocycles. The zero-order valence-corrected chi connectivity index (χ0v) is 13.9. The summed E-state index contributed by atoms with van der Waals surface area (Å²) in [7, 11) is -3.42. The summed E-state index contributed by atoms with van der Waals surface area (Å²) >= 11 is 10.6. The van der Waals surface area contributed by atoms with Crippen LogP contribution in [0.1, 0.15) is 24.1 Å². The lowest BCUT2D eigenvalue weighted by molar-refractivity contribution is 0.480. The number of halogens is 2. The minimum Gasteiger partial charge on any atom is -0.208 e. The molecular formula is C11H15BrClNO2S2. The molecule has 0 spiro atoms. The van der Waals surface area contributed by atoms with Gasteiger partial charge in [-0.25, -0.2) is 13.1 Å². The largest absolute Gasteiger partial charge is 0.241 e. The van der Waals surface area contributed by atoms with Crippen molar-refractivity contribution in [1.82, 2.24) is 4.72 Å². The highest BCUT2D eigenvalue weighted by Gasteiger charge is 2.31. The van der Waals surface area contributed by atoms with Crippen LogP contribution in [-0.2, 0) is 10.0 Å². The van der Waals surface area contributed by atoms with Crippen LogP contribution in [0.4, 0.5) is 0 Å². The van der Waals surface area contributed by atoms with Crippen LogP contribution in [0.3, 0.4) is 0 Å². The summed E-state index contributed by atoms with van der Waals surface area (Å²) in [5, 5.41) is 0. The molecule has 0 bridgehead atoms. The smallest absolute Gasteiger partial charge is 0.208 e. The lowest BCUT2D eigenvalue weighted by atomic mass is 10.1. The highest BCUT2D eigenvalue weighted by atomic mass is 79.9. The van der Waals surface area contributed by atoms with Gasteiger partial charge in [0.2, 0.25) is 10.0 Å². The van der Waals surface area contributed by atoms with Gasteiger partial charge in [0.25, 0.3) is 0 Å². The van der Waals surface area contributed by atoms with Crippen molar-refractivity contribution < 1.29 is 8.42 Å². The Hall–Kier alpha value is 0.380. The average molecular weight is 373 g/mol. The summed E-state index contributed by atoms with van der Waals surface area (Å²) in [6.07, 6.45) is 2.92. The first kappa shape index (κ1) is 14.8. The molecule has 2 unspecified atom stereocenters. The van der Waals surface area contributed by atoms with E-state index in [1.54, 1.807) is 6.07 Å². The molecule has 0 aromatic carbocycles. The first-order valence-electron chi connectivity index (χ1n) is 5.78. The van der Waals surface area contributed by atoms with Crippen LogP contribution >= 0.6 is 38.9 Å². The van der Waals surface area contributed by atoms with Crippen LogP contribution in [0.15, 0.2) is 14.7 Å². The van der Waals surface area contributed by atoms with Crippen molar-refractivity contribution in [3.8, 4) is 0 Å². The van der Waals surface area contributed by atoms with E-state index in [1.165, 1.54) is 11.3 Å². The normalized spacial score (nSPS) is 24.6. The van der Waals surface area contributed by atoms with Gasteiger partial charge in [0, 0.05) is 16.8 Å². The minimum absolute atomic E-state index is 0.0226. The first-order chi connectivity index (χ1) is 8.44. The second kappa shape index (κ2) is 5.79. The maximum absolute atomic E-state index is 12.3. The third kappa shape index (κ3) is 3.10. The molecule has 2 atom stereocenters. The third-order valence-corrected chi connectivity index (χ3v) is 6.99. The molecule has 3 nitrogen and oxygen atoms in total. The number of alkyl halides is 1. The number of nitrogens with one attached hydrogen (secondary N) is 1. The summed E-state index contributed by atoms with van der Waals surface area (Å²) in [6.45, 7) is 1.82. The Labute approximate surface area is 125 Å². The lowest BCUT2D eigenvalue weighted by Crippen LogP contribution is -2.37. The van der Waals surface area contributed by atoms with E-state index in [2.05, 4.69) is 20.7 Å². The third-order valence-electron chi connectivity index (χ3n) is 3.30. The van der Waals surface area contributed by atoms with E-state index in [9.17, 15) is 8.42 Å². The van der Waals surface area contributed by atoms with Gasteiger partial charge in [0.15, 0.2) is 0 Å². The standard InChI is InChI=1S/C11H15BrClNO2S2/c1-7-10(5-11(12)17-7)18(15,16)14-9-4-2-3-8(9)6-13/h5,8-9,14H,2-4,6H2,1H3. The summed E-state index contributed by atoms with van der Waals surface area (Å²) < 4.78 is 28.3. The SMILES string of the molecule is Cc1sc(Br)cc1S(=O)(=O)NC1CCCC1CCl. The van der Waals surface area contributed by atoms with Gasteiger partial charge in [-0.15, -0.1) is 22.9 Å². The van der Waals surface area contributed by atoms with Gasteiger partial charge in [0.1, 0.15) is 0 Å². The van der Waals surface area contributed by atoms with Crippen molar-refractivity contribution >= 4 is 48.9 Å². The summed E-state index contributed by atoms with van der Waals surface area (Å²) in [5.74, 6) is 0.767. The number of hydrogen-bond acceptors (Lipinski definition) is 3. The Kier molecular flexibility index (Phi) is 4.75. The molecule has 1 saturated carbocycles. The van der Waals surface area contributed by atoms with Crippen LogP contribution < -0.4 is 4.72 Å². The molecule has 2 rings (SSSR count).